The van der Waals surface area contributed by atoms with Gasteiger partial charge in [-0.2, -0.15) is 0 Å². The molecule has 1 aliphatic heterocycles. The summed E-state index contributed by atoms with van der Waals surface area (Å²) in [6.45, 7) is 8.22. The van der Waals surface area contributed by atoms with Crippen LogP contribution in [-0.2, 0) is 14.8 Å². The second kappa shape index (κ2) is 7.56. The summed E-state index contributed by atoms with van der Waals surface area (Å²) < 4.78 is 27.6. The minimum atomic E-state index is -3.68. The summed E-state index contributed by atoms with van der Waals surface area (Å²) in [6.07, 6.45) is 1.65. The van der Waals surface area contributed by atoms with E-state index in [9.17, 15) is 13.2 Å². The van der Waals surface area contributed by atoms with Gasteiger partial charge in [0.2, 0.25) is 5.91 Å². The van der Waals surface area contributed by atoms with E-state index >= 15 is 0 Å². The second-order valence-corrected chi connectivity index (χ2v) is 8.43. The summed E-state index contributed by atoms with van der Waals surface area (Å²) in [7, 11) is -3.68. The predicted molar refractivity (Wildman–Crippen MR) is 105 cm³/mol. The fraction of sp³-hybridized carbons (Fsp3) is 0.368. The minimum Gasteiger partial charge on any atom is -0.367 e. The normalized spacial score (nSPS) is 14.9. The number of piperazine rings is 1. The molecule has 0 radical (unpaired) electrons. The monoisotopic (exact) mass is 388 g/mol. The molecule has 0 spiro atoms. The number of pyridine rings is 1. The topological polar surface area (TPSA) is 82.6 Å². The third kappa shape index (κ3) is 4.39. The molecule has 144 valence electrons. The van der Waals surface area contributed by atoms with Crippen LogP contribution in [0.25, 0.3) is 0 Å². The van der Waals surface area contributed by atoms with Crippen molar-refractivity contribution < 1.29 is 13.2 Å². The molecule has 1 N–H and O–H groups in total. The maximum Gasteiger partial charge on any atom is 0.263 e. The molecule has 1 amide bonds. The first-order valence-corrected chi connectivity index (χ1v) is 10.3. The van der Waals surface area contributed by atoms with E-state index in [-0.39, 0.29) is 16.6 Å². The molecular weight excluding hydrogens is 364 g/mol. The van der Waals surface area contributed by atoms with Gasteiger partial charge in [-0.1, -0.05) is 6.07 Å². The van der Waals surface area contributed by atoms with Crippen LogP contribution in [0.5, 0.6) is 0 Å². The van der Waals surface area contributed by atoms with Crippen molar-refractivity contribution in [1.82, 2.24) is 9.88 Å². The Bertz CT molecular complexity index is 934. The first kappa shape index (κ1) is 19.2. The fourth-order valence-corrected chi connectivity index (χ4v) is 4.08. The summed E-state index contributed by atoms with van der Waals surface area (Å²) in [5, 5.41) is 0. The van der Waals surface area contributed by atoms with Crippen LogP contribution in [0, 0.1) is 13.8 Å². The first-order valence-electron chi connectivity index (χ1n) is 8.83. The number of carbonyl (C=O) groups excluding carboxylic acids is 1. The summed E-state index contributed by atoms with van der Waals surface area (Å²) >= 11 is 0. The smallest absolute Gasteiger partial charge is 0.263 e. The Balaban J connectivity index is 1.68. The standard InChI is InChI=1S/C19H24N4O3S/c1-14-4-6-18(12-15(14)2)27(25,26)21-19-7-5-17(13-20-19)23-10-8-22(9-11-23)16(3)24/h4-7,12-13H,8-11H2,1-3H3,(H,20,21). The molecule has 0 unspecified atom stereocenters. The van der Waals surface area contributed by atoms with E-state index in [2.05, 4.69) is 14.6 Å². The molecule has 2 heterocycles. The van der Waals surface area contributed by atoms with Crippen molar-refractivity contribution in [3.05, 3.63) is 47.7 Å². The molecule has 1 saturated heterocycles. The fourth-order valence-electron chi connectivity index (χ4n) is 2.99. The zero-order chi connectivity index (χ0) is 19.6. The number of aromatic nitrogens is 1. The Morgan fingerprint density at radius 3 is 2.30 bits per heavy atom. The van der Waals surface area contributed by atoms with Gasteiger partial charge in [-0.25, -0.2) is 13.4 Å². The molecule has 7 nitrogen and oxygen atoms in total. The quantitative estimate of drug-likeness (QED) is 0.868. The average molecular weight is 388 g/mol. The molecule has 0 aliphatic carbocycles. The largest absolute Gasteiger partial charge is 0.367 e. The lowest BCUT2D eigenvalue weighted by atomic mass is 10.1. The van der Waals surface area contributed by atoms with Gasteiger partial charge in [-0.15, -0.1) is 0 Å². The van der Waals surface area contributed by atoms with E-state index in [1.165, 1.54) is 0 Å². The molecule has 1 aliphatic rings. The van der Waals surface area contributed by atoms with Crippen LogP contribution >= 0.6 is 0 Å². The van der Waals surface area contributed by atoms with Gasteiger partial charge in [-0.3, -0.25) is 9.52 Å². The molecule has 2 aromatic rings. The van der Waals surface area contributed by atoms with Crippen LogP contribution in [0.2, 0.25) is 0 Å². The highest BCUT2D eigenvalue weighted by atomic mass is 32.2. The second-order valence-electron chi connectivity index (χ2n) is 6.75. The number of carbonyl (C=O) groups is 1. The number of aryl methyl sites for hydroxylation is 2. The van der Waals surface area contributed by atoms with Crippen LogP contribution in [0.15, 0.2) is 41.4 Å². The zero-order valence-electron chi connectivity index (χ0n) is 15.8. The van der Waals surface area contributed by atoms with Gasteiger partial charge in [0.05, 0.1) is 16.8 Å². The van der Waals surface area contributed by atoms with Crippen LogP contribution in [0.4, 0.5) is 11.5 Å². The zero-order valence-corrected chi connectivity index (χ0v) is 16.6. The molecule has 1 fully saturated rings. The highest BCUT2D eigenvalue weighted by Crippen LogP contribution is 2.20. The molecule has 1 aromatic heterocycles. The first-order chi connectivity index (χ1) is 12.8. The highest BCUT2D eigenvalue weighted by Gasteiger charge is 2.20. The molecule has 27 heavy (non-hydrogen) atoms. The van der Waals surface area contributed by atoms with Crippen LogP contribution in [0.3, 0.4) is 0 Å². The molecule has 0 saturated carbocycles. The molecule has 0 bridgehead atoms. The lowest BCUT2D eigenvalue weighted by molar-refractivity contribution is -0.129. The lowest BCUT2D eigenvalue weighted by Gasteiger charge is -2.35. The minimum absolute atomic E-state index is 0.0869. The summed E-state index contributed by atoms with van der Waals surface area (Å²) in [4.78, 5) is 19.8. The number of benzene rings is 1. The van der Waals surface area contributed by atoms with Crippen molar-refractivity contribution in [3.63, 3.8) is 0 Å². The van der Waals surface area contributed by atoms with Crippen molar-refractivity contribution in [2.75, 3.05) is 35.8 Å². The Morgan fingerprint density at radius 1 is 1.04 bits per heavy atom. The number of hydrogen-bond acceptors (Lipinski definition) is 5. The summed E-state index contributed by atoms with van der Waals surface area (Å²) in [5.41, 5.74) is 2.87. The number of sulfonamides is 1. The third-order valence-corrected chi connectivity index (χ3v) is 6.22. The number of anilines is 2. The molecule has 0 atom stereocenters. The van der Waals surface area contributed by atoms with Crippen LogP contribution in [-0.4, -0.2) is 50.4 Å². The Labute approximate surface area is 160 Å². The number of nitrogens with zero attached hydrogens (tertiary/aromatic N) is 3. The van der Waals surface area contributed by atoms with Gasteiger partial charge in [0.1, 0.15) is 5.82 Å². The van der Waals surface area contributed by atoms with E-state index in [1.54, 1.807) is 37.4 Å². The number of amides is 1. The van der Waals surface area contributed by atoms with Gasteiger partial charge >= 0.3 is 0 Å². The summed E-state index contributed by atoms with van der Waals surface area (Å²) in [6, 6.07) is 8.54. The highest BCUT2D eigenvalue weighted by molar-refractivity contribution is 7.92. The molecular formula is C19H24N4O3S. The van der Waals surface area contributed by atoms with Gasteiger partial charge < -0.3 is 9.80 Å². The van der Waals surface area contributed by atoms with Crippen molar-refractivity contribution in [1.29, 1.82) is 0 Å². The molecule has 3 rings (SSSR count). The Hall–Kier alpha value is -2.61. The van der Waals surface area contributed by atoms with Gasteiger partial charge in [-0.05, 0) is 49.2 Å². The molecule has 1 aromatic carbocycles. The van der Waals surface area contributed by atoms with Gasteiger partial charge in [0.15, 0.2) is 0 Å². The average Bonchev–Trinajstić information content (AvgIpc) is 2.64. The number of nitrogens with one attached hydrogen (secondary N) is 1. The molecule has 8 heteroatoms. The van der Waals surface area contributed by atoms with Crippen molar-refractivity contribution >= 4 is 27.4 Å². The van der Waals surface area contributed by atoms with E-state index < -0.39 is 10.0 Å². The van der Waals surface area contributed by atoms with E-state index in [0.717, 1.165) is 29.9 Å². The van der Waals surface area contributed by atoms with Gasteiger partial charge in [0, 0.05) is 33.1 Å². The maximum absolute atomic E-state index is 12.6. The lowest BCUT2D eigenvalue weighted by Crippen LogP contribution is -2.48. The van der Waals surface area contributed by atoms with Crippen molar-refractivity contribution in [2.24, 2.45) is 0 Å². The third-order valence-electron chi connectivity index (χ3n) is 4.87. The van der Waals surface area contributed by atoms with E-state index in [1.807, 2.05) is 24.8 Å². The number of rotatable bonds is 4. The Kier molecular flexibility index (Phi) is 5.36. The van der Waals surface area contributed by atoms with E-state index in [0.29, 0.717) is 13.1 Å². The van der Waals surface area contributed by atoms with Crippen LogP contribution in [0.1, 0.15) is 18.1 Å². The van der Waals surface area contributed by atoms with Crippen molar-refractivity contribution in [3.8, 4) is 0 Å². The van der Waals surface area contributed by atoms with Gasteiger partial charge in [0.25, 0.3) is 10.0 Å². The predicted octanol–water partition coefficient (Wildman–Crippen LogP) is 2.17. The Morgan fingerprint density at radius 2 is 1.74 bits per heavy atom. The van der Waals surface area contributed by atoms with E-state index in [4.69, 9.17) is 0 Å². The summed E-state index contributed by atoms with van der Waals surface area (Å²) in [5.74, 6) is 0.364. The maximum atomic E-state index is 12.6. The number of hydrogen-bond donors (Lipinski definition) is 1. The SMILES string of the molecule is CC(=O)N1CCN(c2ccc(NS(=O)(=O)c3ccc(C)c(C)c3)nc2)CC1. The van der Waals surface area contributed by atoms with Crippen LogP contribution < -0.4 is 9.62 Å². The van der Waals surface area contributed by atoms with Crippen molar-refractivity contribution in [2.45, 2.75) is 25.7 Å².